The molecular formula is C16H18FN3O3. The Morgan fingerprint density at radius 2 is 2.35 bits per heavy atom. The van der Waals surface area contributed by atoms with Crippen molar-refractivity contribution in [3.8, 4) is 11.1 Å². The van der Waals surface area contributed by atoms with E-state index in [-0.39, 0.29) is 18.3 Å². The highest BCUT2D eigenvalue weighted by atomic mass is 19.1. The molecule has 0 aromatic carbocycles. The Morgan fingerprint density at radius 1 is 1.52 bits per heavy atom. The first-order valence-corrected chi connectivity index (χ1v) is 7.41. The van der Waals surface area contributed by atoms with Gasteiger partial charge in [-0.25, -0.2) is 14.2 Å². The van der Waals surface area contributed by atoms with Crippen molar-refractivity contribution in [2.75, 3.05) is 18.5 Å². The molecule has 0 saturated carbocycles. The van der Waals surface area contributed by atoms with Gasteiger partial charge in [-0.2, -0.15) is 0 Å². The van der Waals surface area contributed by atoms with Gasteiger partial charge in [-0.05, 0) is 36.6 Å². The van der Waals surface area contributed by atoms with Gasteiger partial charge in [0.05, 0.1) is 12.6 Å². The first-order chi connectivity index (χ1) is 11.0. The Hall–Kier alpha value is -2.41. The summed E-state index contributed by atoms with van der Waals surface area (Å²) in [6.07, 6.45) is 2.85. The number of aromatic nitrogens is 2. The molecule has 0 bridgehead atoms. The number of nitrogens with one attached hydrogen (secondary N) is 2. The third kappa shape index (κ3) is 3.34. The number of hydrogen-bond acceptors (Lipinski definition) is 4. The molecule has 0 amide bonds. The van der Waals surface area contributed by atoms with Crippen LogP contribution in [-0.4, -0.2) is 46.5 Å². The number of rotatable bonds is 4. The number of hydrogen-bond donors (Lipinski definition) is 3. The summed E-state index contributed by atoms with van der Waals surface area (Å²) in [4.78, 5) is 18.0. The van der Waals surface area contributed by atoms with Crippen LogP contribution in [0, 0.1) is 6.92 Å². The molecule has 1 fully saturated rings. The monoisotopic (exact) mass is 319 g/mol. The van der Waals surface area contributed by atoms with Crippen molar-refractivity contribution in [3.63, 3.8) is 0 Å². The van der Waals surface area contributed by atoms with Crippen molar-refractivity contribution < 1.29 is 19.0 Å². The molecule has 0 spiro atoms. The van der Waals surface area contributed by atoms with E-state index in [0.717, 1.165) is 16.7 Å². The Bertz CT molecular complexity index is 716. The number of alkyl halides is 1. The van der Waals surface area contributed by atoms with Gasteiger partial charge in [0.2, 0.25) is 0 Å². The number of H-pyrrole nitrogens is 1. The lowest BCUT2D eigenvalue weighted by Crippen LogP contribution is -2.39. The molecule has 1 aliphatic rings. The number of ether oxygens (including phenoxy) is 1. The van der Waals surface area contributed by atoms with E-state index in [9.17, 15) is 9.18 Å². The summed E-state index contributed by atoms with van der Waals surface area (Å²) in [5.74, 6) is -0.443. The number of carbonyl (C=O) groups is 1. The zero-order valence-electron chi connectivity index (χ0n) is 12.7. The zero-order chi connectivity index (χ0) is 16.4. The third-order valence-corrected chi connectivity index (χ3v) is 3.95. The molecule has 3 heterocycles. The van der Waals surface area contributed by atoms with Crippen LogP contribution in [0.3, 0.4) is 0 Å². The molecule has 3 rings (SSSR count). The fraction of sp³-hybridized carbons (Fsp3) is 0.375. The number of nitrogens with zero attached hydrogens (tertiary/aromatic N) is 1. The SMILES string of the molecule is Cc1cnc(N[C@H]2CCOC[C@@H]2F)cc1-c1c[nH]c(C(=O)O)c1. The van der Waals surface area contributed by atoms with E-state index in [1.54, 1.807) is 18.5 Å². The van der Waals surface area contributed by atoms with Crippen LogP contribution in [0.2, 0.25) is 0 Å². The first-order valence-electron chi connectivity index (χ1n) is 7.41. The minimum atomic E-state index is -1.07. The van der Waals surface area contributed by atoms with Crippen LogP contribution in [0.4, 0.5) is 10.2 Å². The van der Waals surface area contributed by atoms with Gasteiger partial charge in [-0.1, -0.05) is 0 Å². The number of aromatic carboxylic acids is 1. The van der Waals surface area contributed by atoms with Crippen LogP contribution >= 0.6 is 0 Å². The van der Waals surface area contributed by atoms with E-state index in [0.29, 0.717) is 18.8 Å². The Labute approximate surface area is 132 Å². The standard InChI is InChI=1S/C16H18FN3O3/c1-9-6-19-15(20-13-2-3-23-8-12(13)17)5-11(9)10-4-14(16(21)22)18-7-10/h4-7,12-13,18H,2-3,8H2,1H3,(H,19,20)(H,21,22)/t12-,13-/m0/s1. The van der Waals surface area contributed by atoms with Crippen LogP contribution in [-0.2, 0) is 4.74 Å². The summed E-state index contributed by atoms with van der Waals surface area (Å²) in [6, 6.07) is 3.06. The summed E-state index contributed by atoms with van der Waals surface area (Å²) in [6.45, 7) is 2.51. The molecule has 3 N–H and O–H groups in total. The van der Waals surface area contributed by atoms with Crippen LogP contribution in [0.1, 0.15) is 22.5 Å². The summed E-state index contributed by atoms with van der Waals surface area (Å²) >= 11 is 0. The predicted molar refractivity (Wildman–Crippen MR) is 83.5 cm³/mol. The van der Waals surface area contributed by atoms with E-state index in [4.69, 9.17) is 9.84 Å². The lowest BCUT2D eigenvalue weighted by atomic mass is 10.0. The van der Waals surface area contributed by atoms with Crippen LogP contribution < -0.4 is 5.32 Å². The normalized spacial score (nSPS) is 21.1. The van der Waals surface area contributed by atoms with Crippen LogP contribution in [0.15, 0.2) is 24.5 Å². The topological polar surface area (TPSA) is 87.2 Å². The maximum absolute atomic E-state index is 13.8. The first kappa shape index (κ1) is 15.5. The maximum Gasteiger partial charge on any atom is 0.352 e. The second-order valence-corrected chi connectivity index (χ2v) is 5.62. The van der Waals surface area contributed by atoms with Gasteiger partial charge in [0.1, 0.15) is 17.7 Å². The lowest BCUT2D eigenvalue weighted by Gasteiger charge is -2.27. The number of carboxylic acid groups (broad SMARTS) is 1. The molecule has 7 heteroatoms. The highest BCUT2D eigenvalue weighted by Crippen LogP contribution is 2.27. The maximum atomic E-state index is 13.8. The van der Waals surface area contributed by atoms with E-state index >= 15 is 0 Å². The Kier molecular flexibility index (Phi) is 4.29. The smallest absolute Gasteiger partial charge is 0.352 e. The average Bonchev–Trinajstić information content (AvgIpc) is 3.01. The zero-order valence-corrected chi connectivity index (χ0v) is 12.7. The van der Waals surface area contributed by atoms with Crippen molar-refractivity contribution in [2.24, 2.45) is 0 Å². The Balaban J connectivity index is 1.85. The Morgan fingerprint density at radius 3 is 3.04 bits per heavy atom. The van der Waals surface area contributed by atoms with Crippen molar-refractivity contribution in [2.45, 2.75) is 25.6 Å². The van der Waals surface area contributed by atoms with Crippen molar-refractivity contribution >= 4 is 11.8 Å². The van der Waals surface area contributed by atoms with Crippen molar-refractivity contribution in [3.05, 3.63) is 35.8 Å². The highest BCUT2D eigenvalue weighted by molar-refractivity contribution is 5.88. The van der Waals surface area contributed by atoms with Gasteiger partial charge >= 0.3 is 5.97 Å². The number of aryl methyl sites for hydroxylation is 1. The molecule has 2 atom stereocenters. The minimum Gasteiger partial charge on any atom is -0.477 e. The molecule has 0 radical (unpaired) electrons. The van der Waals surface area contributed by atoms with E-state index in [2.05, 4.69) is 15.3 Å². The molecule has 2 aromatic heterocycles. The van der Waals surface area contributed by atoms with Crippen LogP contribution in [0.5, 0.6) is 0 Å². The van der Waals surface area contributed by atoms with E-state index in [1.807, 2.05) is 13.0 Å². The summed E-state index contributed by atoms with van der Waals surface area (Å²) in [5.41, 5.74) is 2.65. The lowest BCUT2D eigenvalue weighted by molar-refractivity contribution is 0.0285. The fourth-order valence-electron chi connectivity index (χ4n) is 2.64. The van der Waals surface area contributed by atoms with Crippen LogP contribution in [0.25, 0.3) is 11.1 Å². The summed E-state index contributed by atoms with van der Waals surface area (Å²) in [5, 5.41) is 12.1. The van der Waals surface area contributed by atoms with Gasteiger partial charge < -0.3 is 20.1 Å². The quantitative estimate of drug-likeness (QED) is 0.806. The molecule has 23 heavy (non-hydrogen) atoms. The van der Waals surface area contributed by atoms with Crippen molar-refractivity contribution in [1.82, 2.24) is 9.97 Å². The van der Waals surface area contributed by atoms with Gasteiger partial charge in [0.15, 0.2) is 0 Å². The second-order valence-electron chi connectivity index (χ2n) is 5.62. The largest absolute Gasteiger partial charge is 0.477 e. The number of halogens is 1. The minimum absolute atomic E-state index is 0.0934. The molecule has 0 aliphatic carbocycles. The van der Waals surface area contributed by atoms with Gasteiger partial charge in [-0.3, -0.25) is 0 Å². The van der Waals surface area contributed by atoms with E-state index < -0.39 is 12.1 Å². The average molecular weight is 319 g/mol. The number of anilines is 1. The third-order valence-electron chi connectivity index (χ3n) is 3.95. The molecular weight excluding hydrogens is 301 g/mol. The van der Waals surface area contributed by atoms with E-state index in [1.165, 1.54) is 0 Å². The molecule has 2 aromatic rings. The molecule has 1 saturated heterocycles. The number of pyridine rings is 1. The highest BCUT2D eigenvalue weighted by Gasteiger charge is 2.25. The number of aromatic amines is 1. The summed E-state index contributed by atoms with van der Waals surface area (Å²) in [7, 11) is 0. The molecule has 122 valence electrons. The van der Waals surface area contributed by atoms with Gasteiger partial charge in [0, 0.05) is 24.6 Å². The number of carboxylic acids is 1. The predicted octanol–water partition coefficient (Wildman–Crippen LogP) is 2.62. The van der Waals surface area contributed by atoms with Gasteiger partial charge in [-0.15, -0.1) is 0 Å². The molecule has 0 unspecified atom stereocenters. The second kappa shape index (κ2) is 6.37. The van der Waals surface area contributed by atoms with Gasteiger partial charge in [0.25, 0.3) is 0 Å². The van der Waals surface area contributed by atoms with Crippen molar-refractivity contribution in [1.29, 1.82) is 0 Å². The molecule has 1 aliphatic heterocycles. The molecule has 6 nitrogen and oxygen atoms in total. The fourth-order valence-corrected chi connectivity index (χ4v) is 2.64. The summed E-state index contributed by atoms with van der Waals surface area (Å²) < 4.78 is 18.9.